The van der Waals surface area contributed by atoms with Crippen molar-refractivity contribution < 1.29 is 19.6 Å². The molecule has 0 spiro atoms. The van der Waals surface area contributed by atoms with Crippen molar-refractivity contribution in [3.63, 3.8) is 0 Å². The van der Waals surface area contributed by atoms with Crippen LogP contribution in [0.25, 0.3) is 0 Å². The highest BCUT2D eigenvalue weighted by molar-refractivity contribution is 6.30. The summed E-state index contributed by atoms with van der Waals surface area (Å²) in [6, 6.07) is 6.38. The Labute approximate surface area is 152 Å². The summed E-state index contributed by atoms with van der Waals surface area (Å²) in [4.78, 5) is 25.2. The van der Waals surface area contributed by atoms with E-state index in [1.165, 1.54) is 11.5 Å². The van der Waals surface area contributed by atoms with Crippen LogP contribution in [-0.4, -0.2) is 37.9 Å². The Balaban J connectivity index is 1.91. The molecule has 1 aromatic carbocycles. The lowest BCUT2D eigenvalue weighted by molar-refractivity contribution is -0.389. The first-order valence-corrected chi connectivity index (χ1v) is 7.71. The maximum absolute atomic E-state index is 11.7. The molecule has 1 heterocycles. The number of nitrogens with zero attached hydrogens (tertiary/aromatic N) is 3. The number of hydrogen-bond donors (Lipinski definition) is 2. The first kappa shape index (κ1) is 19.0. The Morgan fingerprint density at radius 2 is 2.08 bits per heavy atom. The first-order valence-electron chi connectivity index (χ1n) is 6.95. The fraction of sp³-hybridized carbons (Fsp3) is 0.286. The summed E-state index contributed by atoms with van der Waals surface area (Å²) in [6.07, 6.45) is 0.315. The monoisotopic (exact) mass is 388 g/mol. The van der Waals surface area contributed by atoms with Gasteiger partial charge in [0.2, 0.25) is 0 Å². The molecular formula is C14H14Cl2N4O5. The van der Waals surface area contributed by atoms with Crippen molar-refractivity contribution in [3.8, 4) is 0 Å². The summed E-state index contributed by atoms with van der Waals surface area (Å²) in [6.45, 7) is 0.875. The molecule has 0 saturated carbocycles. The van der Waals surface area contributed by atoms with Crippen LogP contribution >= 0.6 is 23.2 Å². The molecule has 25 heavy (non-hydrogen) atoms. The van der Waals surface area contributed by atoms with Crippen molar-refractivity contribution in [2.24, 2.45) is 0 Å². The van der Waals surface area contributed by atoms with E-state index in [1.54, 1.807) is 24.3 Å². The zero-order chi connectivity index (χ0) is 18.6. The fourth-order valence-corrected chi connectivity index (χ4v) is 2.22. The van der Waals surface area contributed by atoms with Crippen LogP contribution in [-0.2, 0) is 11.3 Å². The smallest absolute Gasteiger partial charge is 0.411 e. The Hall–Kier alpha value is -2.36. The molecule has 1 amide bonds. The molecule has 2 rings (SSSR count). The van der Waals surface area contributed by atoms with Crippen molar-refractivity contribution in [2.45, 2.75) is 19.1 Å². The first-order chi connectivity index (χ1) is 11.7. The van der Waals surface area contributed by atoms with Gasteiger partial charge in [-0.3, -0.25) is 9.88 Å². The lowest BCUT2D eigenvalue weighted by atomic mass is 10.1. The van der Waals surface area contributed by atoms with E-state index in [-0.39, 0.29) is 18.4 Å². The molecule has 0 aliphatic rings. The highest BCUT2D eigenvalue weighted by atomic mass is 35.5. The number of aliphatic hydroxyl groups is 1. The zero-order valence-corrected chi connectivity index (χ0v) is 14.5. The third kappa shape index (κ3) is 5.59. The Kier molecular flexibility index (Phi) is 5.83. The van der Waals surface area contributed by atoms with Gasteiger partial charge in [-0.2, -0.15) is 0 Å². The van der Waals surface area contributed by atoms with Crippen LogP contribution in [0.4, 0.5) is 16.3 Å². The number of imidazole rings is 1. The minimum absolute atomic E-state index is 0.152. The molecule has 0 fully saturated rings. The number of carbonyl (C=O) groups excluding carboxylic acids is 1. The third-order valence-corrected chi connectivity index (χ3v) is 3.57. The van der Waals surface area contributed by atoms with Gasteiger partial charge in [0.25, 0.3) is 0 Å². The highest BCUT2D eigenvalue weighted by Crippen LogP contribution is 2.19. The predicted molar refractivity (Wildman–Crippen MR) is 90.9 cm³/mol. The molecule has 0 aliphatic carbocycles. The van der Waals surface area contributed by atoms with Crippen molar-refractivity contribution in [1.82, 2.24) is 9.55 Å². The fourth-order valence-electron chi connectivity index (χ4n) is 1.90. The molecule has 134 valence electrons. The number of benzene rings is 1. The Bertz CT molecular complexity index is 776. The van der Waals surface area contributed by atoms with Gasteiger partial charge in [0.05, 0.1) is 6.54 Å². The molecule has 2 aromatic rings. The van der Waals surface area contributed by atoms with Gasteiger partial charge in [-0.1, -0.05) is 11.6 Å². The number of anilines is 1. The van der Waals surface area contributed by atoms with Crippen LogP contribution in [0.5, 0.6) is 0 Å². The van der Waals surface area contributed by atoms with E-state index in [0.717, 1.165) is 6.20 Å². The normalized spacial score (nSPS) is 13.1. The van der Waals surface area contributed by atoms with E-state index in [2.05, 4.69) is 10.3 Å². The van der Waals surface area contributed by atoms with Crippen LogP contribution < -0.4 is 5.32 Å². The van der Waals surface area contributed by atoms with E-state index < -0.39 is 22.4 Å². The average Bonchev–Trinajstić information content (AvgIpc) is 2.88. The maximum atomic E-state index is 11.7. The summed E-state index contributed by atoms with van der Waals surface area (Å²) in [5, 5.41) is 23.8. The summed E-state index contributed by atoms with van der Waals surface area (Å²) in [5.74, 6) is -0.442. The molecular weight excluding hydrogens is 375 g/mol. The molecule has 11 heteroatoms. The van der Waals surface area contributed by atoms with Gasteiger partial charge in [-0.25, -0.2) is 4.79 Å². The zero-order valence-electron chi connectivity index (χ0n) is 13.0. The molecule has 1 atom stereocenters. The topological polar surface area (TPSA) is 120 Å². The van der Waals surface area contributed by atoms with Gasteiger partial charge < -0.3 is 20.0 Å². The van der Waals surface area contributed by atoms with E-state index >= 15 is 0 Å². The van der Waals surface area contributed by atoms with Gasteiger partial charge >= 0.3 is 17.2 Å². The van der Waals surface area contributed by atoms with Crippen LogP contribution in [0.3, 0.4) is 0 Å². The number of carbonyl (C=O) groups is 1. The largest absolute Gasteiger partial charge is 0.446 e. The molecule has 0 aliphatic heterocycles. The van der Waals surface area contributed by atoms with Gasteiger partial charge in [0.15, 0.2) is 0 Å². The van der Waals surface area contributed by atoms with Gasteiger partial charge in [0.1, 0.15) is 18.4 Å². The number of nitro groups is 1. The second kappa shape index (κ2) is 7.68. The Morgan fingerprint density at radius 1 is 1.44 bits per heavy atom. The second-order valence-electron chi connectivity index (χ2n) is 5.46. The number of halogens is 2. The lowest BCUT2D eigenvalue weighted by Gasteiger charge is -2.23. The molecule has 1 unspecified atom stereocenters. The standard InChI is InChI=1S/C14H14Cl2N4O5/c1-14(22,7-19-6-11(20(23)24)18-12(19)16)8-25-13(21)17-10-4-2-9(15)3-5-10/h2-6,22H,7-8H2,1H3,(H,17,21). The molecule has 9 nitrogen and oxygen atoms in total. The lowest BCUT2D eigenvalue weighted by Crippen LogP contribution is -2.37. The van der Waals surface area contributed by atoms with Crippen LogP contribution in [0.15, 0.2) is 30.5 Å². The number of amides is 1. The molecule has 2 N–H and O–H groups in total. The number of rotatable bonds is 6. The summed E-state index contributed by atoms with van der Waals surface area (Å²) in [7, 11) is 0. The summed E-state index contributed by atoms with van der Waals surface area (Å²) < 4.78 is 6.16. The van der Waals surface area contributed by atoms with Crippen LogP contribution in [0.2, 0.25) is 10.3 Å². The van der Waals surface area contributed by atoms with Crippen molar-refractivity contribution in [2.75, 3.05) is 11.9 Å². The highest BCUT2D eigenvalue weighted by Gasteiger charge is 2.27. The minimum Gasteiger partial charge on any atom is -0.446 e. The summed E-state index contributed by atoms with van der Waals surface area (Å²) >= 11 is 11.5. The average molecular weight is 389 g/mol. The van der Waals surface area contributed by atoms with Gasteiger partial charge in [-0.15, -0.1) is 0 Å². The molecule has 0 bridgehead atoms. The van der Waals surface area contributed by atoms with Crippen LogP contribution in [0, 0.1) is 10.1 Å². The van der Waals surface area contributed by atoms with E-state index in [1.807, 2.05) is 0 Å². The van der Waals surface area contributed by atoms with Crippen molar-refractivity contribution in [3.05, 3.63) is 50.9 Å². The Morgan fingerprint density at radius 3 is 2.64 bits per heavy atom. The molecule has 0 saturated heterocycles. The van der Waals surface area contributed by atoms with Crippen molar-refractivity contribution in [1.29, 1.82) is 0 Å². The summed E-state index contributed by atoms with van der Waals surface area (Å²) in [5.41, 5.74) is -1.04. The van der Waals surface area contributed by atoms with Gasteiger partial charge in [0, 0.05) is 10.7 Å². The number of nitrogens with one attached hydrogen (secondary N) is 1. The SMILES string of the molecule is CC(O)(COC(=O)Nc1ccc(Cl)cc1)Cn1cc([N+](=O)[O-])nc1Cl. The number of hydrogen-bond acceptors (Lipinski definition) is 6. The number of ether oxygens (including phenoxy) is 1. The number of aromatic nitrogens is 2. The second-order valence-corrected chi connectivity index (χ2v) is 6.23. The third-order valence-electron chi connectivity index (χ3n) is 3.02. The maximum Gasteiger partial charge on any atom is 0.411 e. The predicted octanol–water partition coefficient (Wildman–Crippen LogP) is 3.10. The molecule has 0 radical (unpaired) electrons. The van der Waals surface area contributed by atoms with E-state index in [9.17, 15) is 20.0 Å². The van der Waals surface area contributed by atoms with E-state index in [4.69, 9.17) is 27.9 Å². The molecule has 1 aromatic heterocycles. The van der Waals surface area contributed by atoms with Crippen LogP contribution in [0.1, 0.15) is 6.92 Å². The van der Waals surface area contributed by atoms with Crippen molar-refractivity contribution >= 4 is 40.8 Å². The van der Waals surface area contributed by atoms with Gasteiger partial charge in [-0.05, 0) is 52.7 Å². The minimum atomic E-state index is -1.52. The van der Waals surface area contributed by atoms with E-state index in [0.29, 0.717) is 10.7 Å². The quantitative estimate of drug-likeness (QED) is 0.579.